The fourth-order valence-corrected chi connectivity index (χ4v) is 2.78. The first-order valence-electron chi connectivity index (χ1n) is 6.86. The molecule has 1 aromatic heterocycles. The summed E-state index contributed by atoms with van der Waals surface area (Å²) in [6.45, 7) is 6.21. The molecule has 0 bridgehead atoms. The van der Waals surface area contributed by atoms with Crippen molar-refractivity contribution in [3.63, 3.8) is 0 Å². The van der Waals surface area contributed by atoms with E-state index in [9.17, 15) is 0 Å². The highest BCUT2D eigenvalue weighted by Gasteiger charge is 2.05. The van der Waals surface area contributed by atoms with Crippen LogP contribution in [0.4, 0.5) is 0 Å². The fraction of sp³-hybridized carbons (Fsp3) is 0.467. The molecule has 0 saturated heterocycles. The normalized spacial score (nSPS) is 10.8. The van der Waals surface area contributed by atoms with E-state index in [-0.39, 0.29) is 0 Å². The minimum absolute atomic E-state index is 0.843. The summed E-state index contributed by atoms with van der Waals surface area (Å²) in [6.07, 6.45) is 3.18. The summed E-state index contributed by atoms with van der Waals surface area (Å²) in [6, 6.07) is 8.54. The lowest BCUT2D eigenvalue weighted by Crippen LogP contribution is -2.13. The highest BCUT2D eigenvalue weighted by atomic mass is 32.1. The maximum absolute atomic E-state index is 4.27. The van der Waals surface area contributed by atoms with E-state index < -0.39 is 0 Å². The Balaban J connectivity index is 1.85. The summed E-state index contributed by atoms with van der Waals surface area (Å²) >= 11 is 1.72. The van der Waals surface area contributed by atoms with Gasteiger partial charge in [-0.1, -0.05) is 31.2 Å². The Morgan fingerprint density at radius 3 is 2.68 bits per heavy atom. The highest BCUT2D eigenvalue weighted by molar-refractivity contribution is 7.11. The summed E-state index contributed by atoms with van der Waals surface area (Å²) in [7, 11) is 0. The second kappa shape index (κ2) is 7.36. The van der Waals surface area contributed by atoms with Gasteiger partial charge in [0, 0.05) is 13.0 Å². The molecule has 0 saturated carbocycles. The molecule has 19 heavy (non-hydrogen) atoms. The number of hydrogen-bond donors (Lipinski definition) is 1. The number of aromatic nitrogens is 2. The Labute approximate surface area is 119 Å². The van der Waals surface area contributed by atoms with Crippen LogP contribution in [0.5, 0.6) is 0 Å². The second-order valence-corrected chi connectivity index (χ2v) is 5.84. The lowest BCUT2D eigenvalue weighted by atomic mass is 10.0. The molecule has 102 valence electrons. The van der Waals surface area contributed by atoms with Gasteiger partial charge >= 0.3 is 0 Å². The summed E-state index contributed by atoms with van der Waals surface area (Å²) in [4.78, 5) is 0. The number of hydrogen-bond acceptors (Lipinski definition) is 4. The van der Waals surface area contributed by atoms with Crippen molar-refractivity contribution in [2.75, 3.05) is 6.54 Å². The third-order valence-corrected chi connectivity index (χ3v) is 4.06. The van der Waals surface area contributed by atoms with Crippen molar-refractivity contribution in [1.29, 1.82) is 0 Å². The Bertz CT molecular complexity index is 508. The van der Waals surface area contributed by atoms with Crippen LogP contribution < -0.4 is 5.32 Å². The van der Waals surface area contributed by atoms with Gasteiger partial charge in [0.1, 0.15) is 10.0 Å². The lowest BCUT2D eigenvalue weighted by Gasteiger charge is -2.02. The van der Waals surface area contributed by atoms with E-state index in [0.717, 1.165) is 42.4 Å². The fourth-order valence-electron chi connectivity index (χ4n) is 1.97. The molecule has 0 aliphatic rings. The van der Waals surface area contributed by atoms with Crippen molar-refractivity contribution in [2.45, 2.75) is 39.7 Å². The second-order valence-electron chi connectivity index (χ2n) is 4.69. The van der Waals surface area contributed by atoms with Crippen LogP contribution in [0.15, 0.2) is 24.3 Å². The van der Waals surface area contributed by atoms with Crippen molar-refractivity contribution in [1.82, 2.24) is 15.5 Å². The van der Waals surface area contributed by atoms with E-state index in [1.165, 1.54) is 11.1 Å². The van der Waals surface area contributed by atoms with Crippen LogP contribution in [0.1, 0.15) is 34.5 Å². The van der Waals surface area contributed by atoms with Crippen LogP contribution in [-0.2, 0) is 19.4 Å². The van der Waals surface area contributed by atoms with Gasteiger partial charge in [-0.05, 0) is 37.4 Å². The van der Waals surface area contributed by atoms with Gasteiger partial charge in [0.25, 0.3) is 0 Å². The molecule has 2 aromatic rings. The van der Waals surface area contributed by atoms with Gasteiger partial charge < -0.3 is 5.32 Å². The minimum atomic E-state index is 0.843. The summed E-state index contributed by atoms with van der Waals surface area (Å²) in [5.74, 6) is 0. The molecule has 0 aliphatic heterocycles. The van der Waals surface area contributed by atoms with Crippen molar-refractivity contribution in [2.24, 2.45) is 0 Å². The van der Waals surface area contributed by atoms with Crippen LogP contribution in [0.3, 0.4) is 0 Å². The minimum Gasteiger partial charge on any atom is -0.310 e. The van der Waals surface area contributed by atoms with Gasteiger partial charge in [-0.2, -0.15) is 0 Å². The number of aryl methyl sites for hydroxylation is 3. The van der Waals surface area contributed by atoms with Gasteiger partial charge in [-0.15, -0.1) is 21.5 Å². The zero-order valence-corrected chi connectivity index (χ0v) is 12.5. The highest BCUT2D eigenvalue weighted by Crippen LogP contribution is 2.14. The zero-order valence-electron chi connectivity index (χ0n) is 11.6. The van der Waals surface area contributed by atoms with Gasteiger partial charge in [0.05, 0.1) is 0 Å². The van der Waals surface area contributed by atoms with E-state index >= 15 is 0 Å². The van der Waals surface area contributed by atoms with Crippen LogP contribution in [-0.4, -0.2) is 16.7 Å². The summed E-state index contributed by atoms with van der Waals surface area (Å²) in [5.41, 5.74) is 2.76. The standard InChI is InChI=1S/C15H21N3S/c1-3-10-16-11-15-18-17-14(19-15)9-8-13-7-5-4-6-12(13)2/h4-7,16H,3,8-11H2,1-2H3. The quantitative estimate of drug-likeness (QED) is 0.789. The SMILES string of the molecule is CCCNCc1nnc(CCc2ccccc2C)s1. The van der Waals surface area contributed by atoms with Crippen molar-refractivity contribution in [3.8, 4) is 0 Å². The average Bonchev–Trinajstić information content (AvgIpc) is 2.86. The lowest BCUT2D eigenvalue weighted by molar-refractivity contribution is 0.667. The van der Waals surface area contributed by atoms with Crippen LogP contribution in [0.25, 0.3) is 0 Å². The first-order valence-corrected chi connectivity index (χ1v) is 7.67. The molecule has 0 unspecified atom stereocenters. The number of nitrogens with zero attached hydrogens (tertiary/aromatic N) is 2. The number of rotatable bonds is 7. The van der Waals surface area contributed by atoms with E-state index in [1.54, 1.807) is 11.3 Å². The predicted molar refractivity (Wildman–Crippen MR) is 80.5 cm³/mol. The molecule has 3 nitrogen and oxygen atoms in total. The molecule has 0 aliphatic carbocycles. The Hall–Kier alpha value is -1.26. The largest absolute Gasteiger partial charge is 0.310 e. The van der Waals surface area contributed by atoms with Crippen molar-refractivity contribution >= 4 is 11.3 Å². The number of nitrogens with one attached hydrogen (secondary N) is 1. The molecule has 0 atom stereocenters. The first-order chi connectivity index (χ1) is 9.29. The molecular weight excluding hydrogens is 254 g/mol. The zero-order chi connectivity index (χ0) is 13.5. The molecule has 2 rings (SSSR count). The van der Waals surface area contributed by atoms with Crippen molar-refractivity contribution in [3.05, 3.63) is 45.4 Å². The molecule has 0 fully saturated rings. The Morgan fingerprint density at radius 2 is 1.89 bits per heavy atom. The third kappa shape index (κ3) is 4.40. The van der Waals surface area contributed by atoms with Crippen LogP contribution >= 0.6 is 11.3 Å². The van der Waals surface area contributed by atoms with Crippen molar-refractivity contribution < 1.29 is 0 Å². The van der Waals surface area contributed by atoms with E-state index in [4.69, 9.17) is 0 Å². The first kappa shape index (κ1) is 14.2. The Morgan fingerprint density at radius 1 is 1.11 bits per heavy atom. The van der Waals surface area contributed by atoms with E-state index in [1.807, 2.05) is 0 Å². The van der Waals surface area contributed by atoms with Gasteiger partial charge in [0.2, 0.25) is 0 Å². The molecule has 1 heterocycles. The van der Waals surface area contributed by atoms with E-state index in [2.05, 4.69) is 53.6 Å². The van der Waals surface area contributed by atoms with E-state index in [0.29, 0.717) is 0 Å². The van der Waals surface area contributed by atoms with Gasteiger partial charge in [0.15, 0.2) is 0 Å². The molecule has 0 spiro atoms. The monoisotopic (exact) mass is 275 g/mol. The average molecular weight is 275 g/mol. The van der Waals surface area contributed by atoms with Gasteiger partial charge in [-0.25, -0.2) is 0 Å². The van der Waals surface area contributed by atoms with Crippen LogP contribution in [0.2, 0.25) is 0 Å². The maximum Gasteiger partial charge on any atom is 0.131 e. The molecule has 1 aromatic carbocycles. The summed E-state index contributed by atoms with van der Waals surface area (Å²) < 4.78 is 0. The molecule has 0 radical (unpaired) electrons. The molecule has 4 heteroatoms. The van der Waals surface area contributed by atoms with Gasteiger partial charge in [-0.3, -0.25) is 0 Å². The molecular formula is C15H21N3S. The predicted octanol–water partition coefficient (Wildman–Crippen LogP) is 3.13. The van der Waals surface area contributed by atoms with Crippen LogP contribution in [0, 0.1) is 6.92 Å². The molecule has 1 N–H and O–H groups in total. The summed E-state index contributed by atoms with van der Waals surface area (Å²) in [5, 5.41) is 14.1. The molecule has 0 amide bonds. The maximum atomic E-state index is 4.27. The number of benzene rings is 1. The third-order valence-electron chi connectivity index (χ3n) is 3.08. The Kier molecular flexibility index (Phi) is 5.48. The topological polar surface area (TPSA) is 37.8 Å². The smallest absolute Gasteiger partial charge is 0.131 e.